The van der Waals surface area contributed by atoms with E-state index < -0.39 is 23.7 Å². The van der Waals surface area contributed by atoms with Crippen LogP contribution in [-0.2, 0) is 0 Å². The SMILES string of the molecule is CC#CC1(Oc2cc(C(=O)Oc3ccccc3)ccc2OC(F)(F)F)CCCCC1. The minimum atomic E-state index is -4.90. The van der Waals surface area contributed by atoms with Crippen molar-refractivity contribution in [2.45, 2.75) is 51.0 Å². The standard InChI is InChI=1S/C23H21F3O4/c1-2-13-22(14-7-4-8-15-22)29-20-16-17(11-12-19(20)30-23(24,25)26)21(27)28-18-9-5-3-6-10-18/h3,5-6,9-12,16H,4,7-8,14-15H2,1H3. The molecular formula is C23H21F3O4. The largest absolute Gasteiger partial charge is 0.573 e. The van der Waals surface area contributed by atoms with Gasteiger partial charge in [0.05, 0.1) is 5.56 Å². The molecule has 3 rings (SSSR count). The summed E-state index contributed by atoms with van der Waals surface area (Å²) in [5, 5.41) is 0. The quantitative estimate of drug-likeness (QED) is 0.344. The maximum Gasteiger partial charge on any atom is 0.573 e. The Hall–Kier alpha value is -3.14. The lowest BCUT2D eigenvalue weighted by Gasteiger charge is -2.33. The summed E-state index contributed by atoms with van der Waals surface area (Å²) in [5.41, 5.74) is -0.877. The number of hydrogen-bond acceptors (Lipinski definition) is 4. The van der Waals surface area contributed by atoms with E-state index in [0.717, 1.165) is 25.3 Å². The minimum absolute atomic E-state index is 0.0406. The van der Waals surface area contributed by atoms with Gasteiger partial charge in [-0.15, -0.1) is 19.1 Å². The number of para-hydroxylation sites is 1. The van der Waals surface area contributed by atoms with Crippen LogP contribution in [0, 0.1) is 11.8 Å². The van der Waals surface area contributed by atoms with Crippen molar-refractivity contribution in [1.29, 1.82) is 0 Å². The van der Waals surface area contributed by atoms with Crippen LogP contribution >= 0.6 is 0 Å². The van der Waals surface area contributed by atoms with Crippen LogP contribution in [0.4, 0.5) is 13.2 Å². The molecule has 0 bridgehead atoms. The molecule has 4 nitrogen and oxygen atoms in total. The Morgan fingerprint density at radius 1 is 1.00 bits per heavy atom. The van der Waals surface area contributed by atoms with Gasteiger partial charge >= 0.3 is 12.3 Å². The van der Waals surface area contributed by atoms with Gasteiger partial charge in [0.2, 0.25) is 0 Å². The highest BCUT2D eigenvalue weighted by Gasteiger charge is 2.36. The first-order chi connectivity index (χ1) is 14.3. The van der Waals surface area contributed by atoms with Crippen molar-refractivity contribution in [1.82, 2.24) is 0 Å². The van der Waals surface area contributed by atoms with E-state index in [0.29, 0.717) is 18.6 Å². The van der Waals surface area contributed by atoms with Crippen LogP contribution in [0.1, 0.15) is 49.4 Å². The van der Waals surface area contributed by atoms with Gasteiger partial charge in [-0.2, -0.15) is 0 Å². The fourth-order valence-electron chi connectivity index (χ4n) is 3.39. The van der Waals surface area contributed by atoms with E-state index in [1.54, 1.807) is 37.3 Å². The van der Waals surface area contributed by atoms with E-state index in [-0.39, 0.29) is 11.3 Å². The van der Waals surface area contributed by atoms with E-state index in [2.05, 4.69) is 16.6 Å². The van der Waals surface area contributed by atoms with Gasteiger partial charge in [0.1, 0.15) is 5.75 Å². The second kappa shape index (κ2) is 9.12. The monoisotopic (exact) mass is 418 g/mol. The van der Waals surface area contributed by atoms with E-state index in [1.807, 2.05) is 0 Å². The number of rotatable bonds is 5. The first-order valence-electron chi connectivity index (χ1n) is 9.60. The van der Waals surface area contributed by atoms with Crippen molar-refractivity contribution in [3.8, 4) is 29.1 Å². The summed E-state index contributed by atoms with van der Waals surface area (Å²) in [7, 11) is 0. The first-order valence-corrected chi connectivity index (χ1v) is 9.60. The Kier molecular flexibility index (Phi) is 6.56. The van der Waals surface area contributed by atoms with Crippen molar-refractivity contribution in [2.75, 3.05) is 0 Å². The molecule has 158 valence electrons. The molecule has 0 saturated heterocycles. The van der Waals surface area contributed by atoms with Gasteiger partial charge in [-0.3, -0.25) is 0 Å². The summed E-state index contributed by atoms with van der Waals surface area (Å²) in [6, 6.07) is 11.8. The number of alkyl halides is 3. The van der Waals surface area contributed by atoms with Crippen LogP contribution in [0.5, 0.6) is 17.2 Å². The number of ether oxygens (including phenoxy) is 3. The molecule has 30 heavy (non-hydrogen) atoms. The highest BCUT2D eigenvalue weighted by molar-refractivity contribution is 5.91. The molecule has 0 aliphatic heterocycles. The molecule has 2 aromatic rings. The van der Waals surface area contributed by atoms with Gasteiger partial charge in [0, 0.05) is 0 Å². The van der Waals surface area contributed by atoms with Crippen LogP contribution in [-0.4, -0.2) is 17.9 Å². The van der Waals surface area contributed by atoms with Crippen molar-refractivity contribution < 1.29 is 32.2 Å². The van der Waals surface area contributed by atoms with Crippen molar-refractivity contribution >= 4 is 5.97 Å². The highest BCUT2D eigenvalue weighted by Crippen LogP contribution is 2.39. The number of benzene rings is 2. The molecule has 0 heterocycles. The summed E-state index contributed by atoms with van der Waals surface area (Å²) in [6.07, 6.45) is -1.04. The molecule has 0 atom stereocenters. The van der Waals surface area contributed by atoms with Crippen LogP contribution in [0.25, 0.3) is 0 Å². The summed E-state index contributed by atoms with van der Waals surface area (Å²) in [5.74, 6) is 4.69. The van der Waals surface area contributed by atoms with Crippen LogP contribution < -0.4 is 14.2 Å². The first kappa shape index (κ1) is 21.6. The molecule has 2 aromatic carbocycles. The topological polar surface area (TPSA) is 44.8 Å². The number of hydrogen-bond donors (Lipinski definition) is 0. The fraction of sp³-hybridized carbons (Fsp3) is 0.348. The molecular weight excluding hydrogens is 397 g/mol. The summed E-state index contributed by atoms with van der Waals surface area (Å²) >= 11 is 0. The Labute approximate surface area is 172 Å². The van der Waals surface area contributed by atoms with E-state index >= 15 is 0 Å². The molecule has 0 unspecified atom stereocenters. The van der Waals surface area contributed by atoms with E-state index in [9.17, 15) is 18.0 Å². The Morgan fingerprint density at radius 2 is 1.70 bits per heavy atom. The van der Waals surface area contributed by atoms with Crippen molar-refractivity contribution in [3.05, 3.63) is 54.1 Å². The van der Waals surface area contributed by atoms with E-state index in [4.69, 9.17) is 9.47 Å². The average molecular weight is 418 g/mol. The van der Waals surface area contributed by atoms with Crippen molar-refractivity contribution in [3.63, 3.8) is 0 Å². The van der Waals surface area contributed by atoms with Gasteiger partial charge in [0.25, 0.3) is 0 Å². The minimum Gasteiger partial charge on any atom is -0.471 e. The molecule has 1 saturated carbocycles. The maximum atomic E-state index is 12.9. The molecule has 0 spiro atoms. The third-order valence-corrected chi connectivity index (χ3v) is 4.68. The normalized spacial score (nSPS) is 15.5. The lowest BCUT2D eigenvalue weighted by atomic mass is 9.85. The van der Waals surface area contributed by atoms with Crippen LogP contribution in [0.2, 0.25) is 0 Å². The maximum absolute atomic E-state index is 12.9. The van der Waals surface area contributed by atoms with Crippen LogP contribution in [0.15, 0.2) is 48.5 Å². The predicted octanol–water partition coefficient (Wildman–Crippen LogP) is 5.91. The Morgan fingerprint density at radius 3 is 2.33 bits per heavy atom. The molecule has 1 fully saturated rings. The van der Waals surface area contributed by atoms with Gasteiger partial charge in [-0.05, 0) is 62.9 Å². The Bertz CT molecular complexity index is 936. The average Bonchev–Trinajstić information content (AvgIpc) is 2.70. The zero-order valence-electron chi connectivity index (χ0n) is 16.4. The molecule has 0 aromatic heterocycles. The summed E-state index contributed by atoms with van der Waals surface area (Å²) in [4.78, 5) is 12.5. The van der Waals surface area contributed by atoms with Crippen LogP contribution in [0.3, 0.4) is 0 Å². The third kappa shape index (κ3) is 5.69. The third-order valence-electron chi connectivity index (χ3n) is 4.68. The molecule has 0 N–H and O–H groups in total. The summed E-state index contributed by atoms with van der Waals surface area (Å²) < 4.78 is 54.1. The highest BCUT2D eigenvalue weighted by atomic mass is 19.4. The molecule has 7 heteroatoms. The molecule has 0 radical (unpaired) electrons. The second-order valence-electron chi connectivity index (χ2n) is 6.94. The second-order valence-corrected chi connectivity index (χ2v) is 6.94. The summed E-state index contributed by atoms with van der Waals surface area (Å²) in [6.45, 7) is 1.65. The fourth-order valence-corrected chi connectivity index (χ4v) is 3.39. The smallest absolute Gasteiger partial charge is 0.471 e. The van der Waals surface area contributed by atoms with Gasteiger partial charge in [0.15, 0.2) is 17.1 Å². The zero-order valence-corrected chi connectivity index (χ0v) is 16.4. The van der Waals surface area contributed by atoms with Gasteiger partial charge in [-0.1, -0.05) is 30.5 Å². The predicted molar refractivity (Wildman–Crippen MR) is 104 cm³/mol. The number of carbonyl (C=O) groups excluding carboxylic acids is 1. The lowest BCUT2D eigenvalue weighted by Crippen LogP contribution is -2.37. The Balaban J connectivity index is 1.93. The zero-order chi connectivity index (χ0) is 21.6. The molecule has 1 aliphatic rings. The lowest BCUT2D eigenvalue weighted by molar-refractivity contribution is -0.275. The van der Waals surface area contributed by atoms with Gasteiger partial charge in [-0.25, -0.2) is 4.79 Å². The van der Waals surface area contributed by atoms with Crippen molar-refractivity contribution in [2.24, 2.45) is 0 Å². The number of carbonyl (C=O) groups is 1. The molecule has 1 aliphatic carbocycles. The number of esters is 1. The molecule has 0 amide bonds. The number of halogens is 3. The van der Waals surface area contributed by atoms with E-state index in [1.165, 1.54) is 12.1 Å². The van der Waals surface area contributed by atoms with Gasteiger partial charge < -0.3 is 14.2 Å².